The molecule has 0 heterocycles. The van der Waals surface area contributed by atoms with E-state index in [-0.39, 0.29) is 0 Å². The van der Waals surface area contributed by atoms with Crippen molar-refractivity contribution in [1.29, 1.82) is 0 Å². The predicted molar refractivity (Wildman–Crippen MR) is 42.0 cm³/mol. The molecule has 1 rings (SSSR count). The summed E-state index contributed by atoms with van der Waals surface area (Å²) < 4.78 is 0. The second-order valence-corrected chi connectivity index (χ2v) is 3.11. The lowest BCUT2D eigenvalue weighted by Crippen LogP contribution is -1.91. The van der Waals surface area contributed by atoms with E-state index in [0.717, 1.165) is 24.2 Å². The summed E-state index contributed by atoms with van der Waals surface area (Å²) in [5, 5.41) is 0.743. The van der Waals surface area contributed by atoms with Crippen LogP contribution in [0.4, 0.5) is 0 Å². The molecule has 0 atom stereocenters. The Kier molecular flexibility index (Phi) is 2.94. The van der Waals surface area contributed by atoms with Gasteiger partial charge in [-0.2, -0.15) is 0 Å². The van der Waals surface area contributed by atoms with Gasteiger partial charge < -0.3 is 0 Å². The molecular weight excluding hydrogens is 148 g/mol. The highest BCUT2D eigenvalue weighted by molar-refractivity contribution is 6.30. The smallest absolute Gasteiger partial charge is 0.144 e. The first-order chi connectivity index (χ1) is 4.84. The summed E-state index contributed by atoms with van der Waals surface area (Å²) in [6, 6.07) is 0. The van der Waals surface area contributed by atoms with Gasteiger partial charge >= 0.3 is 0 Å². The molecule has 0 spiro atoms. The molecule has 0 radical (unpaired) electrons. The van der Waals surface area contributed by atoms with Gasteiger partial charge in [0.05, 0.1) is 0 Å². The van der Waals surface area contributed by atoms with Crippen LogP contribution in [0.1, 0.15) is 25.7 Å². The summed E-state index contributed by atoms with van der Waals surface area (Å²) in [6.45, 7) is 0. The van der Waals surface area contributed by atoms with Crippen molar-refractivity contribution < 1.29 is 4.79 Å². The quantitative estimate of drug-likeness (QED) is 0.446. The van der Waals surface area contributed by atoms with Crippen LogP contribution >= 0.6 is 11.6 Å². The Balaban J connectivity index is 2.46. The van der Waals surface area contributed by atoms with E-state index in [1.807, 2.05) is 0 Å². The lowest BCUT2D eigenvalue weighted by molar-refractivity contribution is -0.104. The van der Waals surface area contributed by atoms with Gasteiger partial charge in [0, 0.05) is 5.03 Å². The van der Waals surface area contributed by atoms with Gasteiger partial charge in [-0.3, -0.25) is 4.79 Å². The fourth-order valence-electron chi connectivity index (χ4n) is 1.40. The Bertz CT molecular complexity index is 145. The van der Waals surface area contributed by atoms with Crippen molar-refractivity contribution in [1.82, 2.24) is 0 Å². The van der Waals surface area contributed by atoms with E-state index in [2.05, 4.69) is 0 Å². The average Bonchev–Trinajstić information content (AvgIpc) is 2.38. The number of halogens is 1. The fraction of sp³-hybridized carbons (Fsp3) is 0.625. The molecule has 2 heteroatoms. The van der Waals surface area contributed by atoms with Crippen molar-refractivity contribution in [2.45, 2.75) is 25.7 Å². The van der Waals surface area contributed by atoms with Crippen molar-refractivity contribution in [3.8, 4) is 0 Å². The fourth-order valence-corrected chi connectivity index (χ4v) is 1.67. The zero-order chi connectivity index (χ0) is 7.40. The van der Waals surface area contributed by atoms with Crippen LogP contribution in [-0.2, 0) is 4.79 Å². The lowest BCUT2D eigenvalue weighted by atomic mass is 10.1. The van der Waals surface area contributed by atoms with Gasteiger partial charge in [0.15, 0.2) is 0 Å². The molecule has 56 valence electrons. The first-order valence-electron chi connectivity index (χ1n) is 3.65. The molecule has 1 fully saturated rings. The SMILES string of the molecule is O=CC=C(Cl)C1CCCC1. The summed E-state index contributed by atoms with van der Waals surface area (Å²) in [6.07, 6.45) is 7.06. The van der Waals surface area contributed by atoms with E-state index in [1.54, 1.807) is 0 Å². The molecule has 1 saturated carbocycles. The molecule has 0 amide bonds. The Morgan fingerprint density at radius 2 is 2.00 bits per heavy atom. The van der Waals surface area contributed by atoms with Crippen LogP contribution in [0.25, 0.3) is 0 Å². The number of aldehydes is 1. The van der Waals surface area contributed by atoms with Crippen molar-refractivity contribution in [3.05, 3.63) is 11.1 Å². The molecule has 1 nitrogen and oxygen atoms in total. The largest absolute Gasteiger partial charge is 0.299 e. The molecule has 1 aliphatic carbocycles. The van der Waals surface area contributed by atoms with E-state index in [9.17, 15) is 4.79 Å². The van der Waals surface area contributed by atoms with Crippen molar-refractivity contribution in [2.75, 3.05) is 0 Å². The predicted octanol–water partition coefficient (Wildman–Crippen LogP) is 2.50. The summed E-state index contributed by atoms with van der Waals surface area (Å²) in [4.78, 5) is 10.0. The third-order valence-electron chi connectivity index (χ3n) is 1.97. The second-order valence-electron chi connectivity index (χ2n) is 2.67. The van der Waals surface area contributed by atoms with E-state index in [4.69, 9.17) is 11.6 Å². The first kappa shape index (κ1) is 7.80. The Hall–Kier alpha value is -0.300. The van der Waals surface area contributed by atoms with Crippen LogP contribution in [0.15, 0.2) is 11.1 Å². The second kappa shape index (κ2) is 3.77. The van der Waals surface area contributed by atoms with Gasteiger partial charge in [-0.05, 0) is 24.8 Å². The topological polar surface area (TPSA) is 17.1 Å². The van der Waals surface area contributed by atoms with Gasteiger partial charge in [-0.25, -0.2) is 0 Å². The number of carbonyl (C=O) groups excluding carboxylic acids is 1. The van der Waals surface area contributed by atoms with Gasteiger partial charge in [-0.15, -0.1) is 0 Å². The number of hydrogen-bond donors (Lipinski definition) is 0. The minimum absolute atomic E-state index is 0.479. The van der Waals surface area contributed by atoms with Crippen molar-refractivity contribution >= 4 is 17.9 Å². The van der Waals surface area contributed by atoms with Gasteiger partial charge in [0.25, 0.3) is 0 Å². The molecule has 0 aromatic heterocycles. The van der Waals surface area contributed by atoms with Crippen molar-refractivity contribution in [3.63, 3.8) is 0 Å². The summed E-state index contributed by atoms with van der Waals surface area (Å²) in [7, 11) is 0. The number of hydrogen-bond acceptors (Lipinski definition) is 1. The van der Waals surface area contributed by atoms with E-state index >= 15 is 0 Å². The zero-order valence-electron chi connectivity index (χ0n) is 5.85. The van der Waals surface area contributed by atoms with Crippen LogP contribution < -0.4 is 0 Å². The van der Waals surface area contributed by atoms with E-state index in [0.29, 0.717) is 5.92 Å². The molecule has 0 bridgehead atoms. The van der Waals surface area contributed by atoms with E-state index < -0.39 is 0 Å². The average molecular weight is 159 g/mol. The maximum atomic E-state index is 10.0. The maximum absolute atomic E-state index is 10.0. The van der Waals surface area contributed by atoms with Gasteiger partial charge in [0.2, 0.25) is 0 Å². The van der Waals surface area contributed by atoms with E-state index in [1.165, 1.54) is 18.9 Å². The Labute approximate surface area is 66.1 Å². The molecule has 0 aromatic rings. The normalized spacial score (nSPS) is 21.5. The highest BCUT2D eigenvalue weighted by atomic mass is 35.5. The standard InChI is InChI=1S/C8H11ClO/c9-8(5-6-10)7-3-1-2-4-7/h5-7H,1-4H2. The maximum Gasteiger partial charge on any atom is 0.144 e. The minimum atomic E-state index is 0.479. The zero-order valence-corrected chi connectivity index (χ0v) is 6.60. The number of carbonyl (C=O) groups is 1. The lowest BCUT2D eigenvalue weighted by Gasteiger charge is -2.04. The Morgan fingerprint density at radius 3 is 2.50 bits per heavy atom. The summed E-state index contributed by atoms with van der Waals surface area (Å²) >= 11 is 5.82. The monoisotopic (exact) mass is 158 g/mol. The van der Waals surface area contributed by atoms with Crippen molar-refractivity contribution in [2.24, 2.45) is 5.92 Å². The molecule has 0 N–H and O–H groups in total. The van der Waals surface area contributed by atoms with Crippen LogP contribution in [0, 0.1) is 5.92 Å². The number of allylic oxidation sites excluding steroid dienone is 2. The highest BCUT2D eigenvalue weighted by Crippen LogP contribution is 2.32. The van der Waals surface area contributed by atoms with Crippen LogP contribution in [0.3, 0.4) is 0 Å². The molecular formula is C8H11ClO. The minimum Gasteiger partial charge on any atom is -0.299 e. The summed E-state index contributed by atoms with van der Waals surface area (Å²) in [5.41, 5.74) is 0. The van der Waals surface area contributed by atoms with Gasteiger partial charge in [-0.1, -0.05) is 24.4 Å². The highest BCUT2D eigenvalue weighted by Gasteiger charge is 2.17. The van der Waals surface area contributed by atoms with Gasteiger partial charge in [0.1, 0.15) is 6.29 Å². The van der Waals surface area contributed by atoms with Crippen LogP contribution in [0.2, 0.25) is 0 Å². The molecule has 0 unspecified atom stereocenters. The molecule has 0 aromatic carbocycles. The van der Waals surface area contributed by atoms with Crippen LogP contribution in [-0.4, -0.2) is 6.29 Å². The molecule has 0 saturated heterocycles. The molecule has 1 aliphatic rings. The molecule has 10 heavy (non-hydrogen) atoms. The summed E-state index contributed by atoms with van der Waals surface area (Å²) in [5.74, 6) is 0.479. The Morgan fingerprint density at radius 1 is 1.40 bits per heavy atom. The first-order valence-corrected chi connectivity index (χ1v) is 4.03. The third kappa shape index (κ3) is 1.84. The van der Waals surface area contributed by atoms with Crippen LogP contribution in [0.5, 0.6) is 0 Å². The third-order valence-corrected chi connectivity index (χ3v) is 2.41. The number of rotatable bonds is 2. The molecule has 0 aliphatic heterocycles.